The molecular weight excluding hydrogens is 257 g/mol. The van der Waals surface area contributed by atoms with E-state index in [-0.39, 0.29) is 24.3 Å². The van der Waals surface area contributed by atoms with Gasteiger partial charge in [-0.25, -0.2) is 0 Å². The molecule has 0 saturated carbocycles. The van der Waals surface area contributed by atoms with Crippen LogP contribution in [-0.4, -0.2) is 31.7 Å². The summed E-state index contributed by atoms with van der Waals surface area (Å²) in [5, 5.41) is 5.90. The summed E-state index contributed by atoms with van der Waals surface area (Å²) in [6, 6.07) is 0. The summed E-state index contributed by atoms with van der Waals surface area (Å²) in [5.74, 6) is -0.0713. The molecule has 112 valence electrons. The number of hydrogen-bond donors (Lipinski definition) is 2. The highest BCUT2D eigenvalue weighted by Crippen LogP contribution is 2.34. The topological polar surface area (TPSA) is 41.1 Å². The zero-order valence-corrected chi connectivity index (χ0v) is 11.4. The van der Waals surface area contributed by atoms with E-state index >= 15 is 0 Å². The Balaban J connectivity index is 2.40. The van der Waals surface area contributed by atoms with Crippen LogP contribution < -0.4 is 10.6 Å². The molecule has 19 heavy (non-hydrogen) atoms. The fraction of sp³-hybridized carbons (Fsp3) is 0.923. The van der Waals surface area contributed by atoms with Gasteiger partial charge in [-0.15, -0.1) is 0 Å². The van der Waals surface area contributed by atoms with Crippen LogP contribution in [-0.2, 0) is 4.79 Å². The van der Waals surface area contributed by atoms with Crippen LogP contribution in [0.2, 0.25) is 0 Å². The highest BCUT2D eigenvalue weighted by atomic mass is 19.4. The average molecular weight is 280 g/mol. The van der Waals surface area contributed by atoms with Gasteiger partial charge >= 0.3 is 6.18 Å². The monoisotopic (exact) mass is 280 g/mol. The van der Waals surface area contributed by atoms with Crippen molar-refractivity contribution in [3.63, 3.8) is 0 Å². The second kappa shape index (κ2) is 7.12. The molecule has 1 saturated heterocycles. The number of carbonyl (C=O) groups is 1. The molecule has 0 bridgehead atoms. The highest BCUT2D eigenvalue weighted by molar-refractivity contribution is 5.82. The van der Waals surface area contributed by atoms with Crippen LogP contribution in [0.15, 0.2) is 0 Å². The standard InChI is InChI=1S/C13H23F3N2O/c1-2-4-12(6-9-17-10-7-12)11(19)18-8-3-5-13(14,15)16/h17H,2-10H2,1H3,(H,18,19). The third-order valence-electron chi connectivity index (χ3n) is 3.69. The summed E-state index contributed by atoms with van der Waals surface area (Å²) in [5.41, 5.74) is -0.377. The van der Waals surface area contributed by atoms with E-state index in [1.165, 1.54) is 0 Å². The van der Waals surface area contributed by atoms with E-state index < -0.39 is 12.6 Å². The molecule has 0 aliphatic carbocycles. The van der Waals surface area contributed by atoms with Gasteiger partial charge in [0.05, 0.1) is 5.41 Å². The Morgan fingerprint density at radius 1 is 1.32 bits per heavy atom. The average Bonchev–Trinajstić information content (AvgIpc) is 2.34. The van der Waals surface area contributed by atoms with Gasteiger partial charge in [-0.3, -0.25) is 4.79 Å². The Labute approximate surface area is 112 Å². The number of alkyl halides is 3. The van der Waals surface area contributed by atoms with Crippen molar-refractivity contribution < 1.29 is 18.0 Å². The van der Waals surface area contributed by atoms with Gasteiger partial charge in [0.2, 0.25) is 5.91 Å². The molecule has 1 amide bonds. The molecule has 0 aromatic carbocycles. The van der Waals surface area contributed by atoms with Gasteiger partial charge in [0.1, 0.15) is 0 Å². The Kier molecular flexibility index (Phi) is 6.10. The van der Waals surface area contributed by atoms with Crippen LogP contribution in [0.5, 0.6) is 0 Å². The second-order valence-electron chi connectivity index (χ2n) is 5.25. The molecule has 1 aliphatic rings. The number of amides is 1. The zero-order valence-electron chi connectivity index (χ0n) is 11.4. The van der Waals surface area contributed by atoms with Crippen LogP contribution in [0.1, 0.15) is 45.4 Å². The third kappa shape index (κ3) is 5.38. The maximum Gasteiger partial charge on any atom is 0.389 e. The number of rotatable bonds is 6. The molecule has 0 aromatic rings. The van der Waals surface area contributed by atoms with Gasteiger partial charge in [-0.2, -0.15) is 13.2 Å². The van der Waals surface area contributed by atoms with Crippen molar-refractivity contribution in [2.75, 3.05) is 19.6 Å². The Morgan fingerprint density at radius 2 is 1.95 bits per heavy atom. The zero-order chi connectivity index (χ0) is 14.4. The van der Waals surface area contributed by atoms with Crippen LogP contribution in [0, 0.1) is 5.41 Å². The van der Waals surface area contributed by atoms with E-state index in [0.717, 1.165) is 38.8 Å². The second-order valence-corrected chi connectivity index (χ2v) is 5.25. The molecule has 3 nitrogen and oxygen atoms in total. The predicted octanol–water partition coefficient (Wildman–Crippen LogP) is 2.62. The van der Waals surface area contributed by atoms with Gasteiger partial charge < -0.3 is 10.6 Å². The lowest BCUT2D eigenvalue weighted by atomic mass is 9.74. The molecule has 1 heterocycles. The maximum absolute atomic E-state index is 12.2. The first-order valence-corrected chi connectivity index (χ1v) is 6.95. The van der Waals surface area contributed by atoms with Crippen LogP contribution in [0.4, 0.5) is 13.2 Å². The quantitative estimate of drug-likeness (QED) is 0.734. The van der Waals surface area contributed by atoms with E-state index in [1.807, 2.05) is 6.92 Å². The lowest BCUT2D eigenvalue weighted by molar-refractivity contribution is -0.138. The first kappa shape index (κ1) is 16.3. The minimum Gasteiger partial charge on any atom is -0.356 e. The fourth-order valence-corrected chi connectivity index (χ4v) is 2.65. The maximum atomic E-state index is 12.2. The van der Waals surface area contributed by atoms with Crippen LogP contribution in [0.3, 0.4) is 0 Å². The summed E-state index contributed by atoms with van der Waals surface area (Å²) in [4.78, 5) is 12.2. The van der Waals surface area contributed by atoms with Crippen molar-refractivity contribution in [3.05, 3.63) is 0 Å². The van der Waals surface area contributed by atoms with Gasteiger partial charge in [-0.1, -0.05) is 13.3 Å². The lowest BCUT2D eigenvalue weighted by Crippen LogP contribution is -2.47. The molecule has 0 unspecified atom stereocenters. The molecule has 1 fully saturated rings. The molecule has 0 atom stereocenters. The third-order valence-corrected chi connectivity index (χ3v) is 3.69. The number of hydrogen-bond acceptors (Lipinski definition) is 2. The van der Waals surface area contributed by atoms with E-state index in [9.17, 15) is 18.0 Å². The van der Waals surface area contributed by atoms with Crippen molar-refractivity contribution >= 4 is 5.91 Å². The Hall–Kier alpha value is -0.780. The summed E-state index contributed by atoms with van der Waals surface area (Å²) in [7, 11) is 0. The smallest absolute Gasteiger partial charge is 0.356 e. The molecular formula is C13H23F3N2O. The molecule has 1 aliphatic heterocycles. The number of carbonyl (C=O) groups excluding carboxylic acids is 1. The van der Waals surface area contributed by atoms with Gasteiger partial charge in [0, 0.05) is 13.0 Å². The van der Waals surface area contributed by atoms with E-state index in [2.05, 4.69) is 10.6 Å². The predicted molar refractivity (Wildman–Crippen MR) is 67.7 cm³/mol. The van der Waals surface area contributed by atoms with Crippen molar-refractivity contribution in [3.8, 4) is 0 Å². The van der Waals surface area contributed by atoms with Crippen molar-refractivity contribution in [2.45, 2.75) is 51.6 Å². The summed E-state index contributed by atoms with van der Waals surface area (Å²) < 4.78 is 36.0. The lowest BCUT2D eigenvalue weighted by Gasteiger charge is -2.36. The number of piperidine rings is 1. The van der Waals surface area contributed by atoms with Crippen molar-refractivity contribution in [2.24, 2.45) is 5.41 Å². The van der Waals surface area contributed by atoms with E-state index in [0.29, 0.717) is 0 Å². The van der Waals surface area contributed by atoms with Gasteiger partial charge in [0.25, 0.3) is 0 Å². The minimum atomic E-state index is -4.14. The molecule has 0 radical (unpaired) electrons. The Bertz CT molecular complexity index is 281. The first-order chi connectivity index (χ1) is 8.90. The van der Waals surface area contributed by atoms with E-state index in [1.54, 1.807) is 0 Å². The van der Waals surface area contributed by atoms with Crippen molar-refractivity contribution in [1.82, 2.24) is 10.6 Å². The summed E-state index contributed by atoms with van der Waals surface area (Å²) in [6.45, 7) is 3.74. The van der Waals surface area contributed by atoms with Gasteiger partial charge in [0.15, 0.2) is 0 Å². The SMILES string of the molecule is CCCC1(C(=O)NCCCC(F)(F)F)CCNCC1. The van der Waals surface area contributed by atoms with Gasteiger partial charge in [-0.05, 0) is 38.8 Å². The largest absolute Gasteiger partial charge is 0.389 e. The molecule has 6 heteroatoms. The molecule has 0 spiro atoms. The number of halogens is 3. The highest BCUT2D eigenvalue weighted by Gasteiger charge is 2.38. The summed E-state index contributed by atoms with van der Waals surface area (Å²) >= 11 is 0. The molecule has 0 aromatic heterocycles. The van der Waals surface area contributed by atoms with Crippen molar-refractivity contribution in [1.29, 1.82) is 0 Å². The normalized spacial score (nSPS) is 19.2. The molecule has 1 rings (SSSR count). The minimum absolute atomic E-state index is 0.0459. The van der Waals surface area contributed by atoms with E-state index in [4.69, 9.17) is 0 Å². The summed E-state index contributed by atoms with van der Waals surface area (Å²) in [6.07, 6.45) is -1.76. The fourth-order valence-electron chi connectivity index (χ4n) is 2.65. The first-order valence-electron chi connectivity index (χ1n) is 6.95. The van der Waals surface area contributed by atoms with Crippen LogP contribution in [0.25, 0.3) is 0 Å². The molecule has 2 N–H and O–H groups in total. The number of nitrogens with one attached hydrogen (secondary N) is 2. The Morgan fingerprint density at radius 3 is 2.47 bits per heavy atom. The van der Waals surface area contributed by atoms with Crippen LogP contribution >= 0.6 is 0 Å².